The van der Waals surface area contributed by atoms with Crippen molar-refractivity contribution in [1.82, 2.24) is 9.55 Å². The van der Waals surface area contributed by atoms with Crippen LogP contribution in [0.4, 0.5) is 13.2 Å². The number of fused-ring (bicyclic) bond motifs is 1. The molecule has 4 nitrogen and oxygen atoms in total. The quantitative estimate of drug-likeness (QED) is 0.880. The van der Waals surface area contributed by atoms with Crippen LogP contribution in [0.2, 0.25) is 0 Å². The molecule has 1 aromatic heterocycles. The molecule has 0 aliphatic carbocycles. The SMILES string of the molecule is Cn1c(C2(N)CCOCC2)nc2cc(C(F)(F)F)ccc21. The molecule has 0 unspecified atom stereocenters. The molecule has 1 aromatic carbocycles. The average Bonchev–Trinajstić information content (AvgIpc) is 2.76. The minimum Gasteiger partial charge on any atom is -0.381 e. The summed E-state index contributed by atoms with van der Waals surface area (Å²) < 4.78 is 45.4. The lowest BCUT2D eigenvalue weighted by Crippen LogP contribution is -2.44. The van der Waals surface area contributed by atoms with Crippen molar-refractivity contribution >= 4 is 11.0 Å². The molecule has 1 fully saturated rings. The lowest BCUT2D eigenvalue weighted by Gasteiger charge is -2.32. The third-order valence-corrected chi connectivity index (χ3v) is 4.04. The molecule has 1 aliphatic rings. The van der Waals surface area contributed by atoms with E-state index >= 15 is 0 Å². The summed E-state index contributed by atoms with van der Waals surface area (Å²) in [5.41, 5.74) is 6.00. The number of alkyl halides is 3. The summed E-state index contributed by atoms with van der Waals surface area (Å²) >= 11 is 0. The van der Waals surface area contributed by atoms with Crippen LogP contribution in [0.15, 0.2) is 18.2 Å². The number of ether oxygens (including phenoxy) is 1. The summed E-state index contributed by atoms with van der Waals surface area (Å²) in [6.45, 7) is 1.07. The Labute approximate surface area is 119 Å². The van der Waals surface area contributed by atoms with Crippen molar-refractivity contribution in [3.63, 3.8) is 0 Å². The molecule has 2 N–H and O–H groups in total. The molecular formula is C14H16F3N3O. The molecule has 7 heteroatoms. The summed E-state index contributed by atoms with van der Waals surface area (Å²) in [4.78, 5) is 4.36. The fraction of sp³-hybridized carbons (Fsp3) is 0.500. The van der Waals surface area contributed by atoms with E-state index < -0.39 is 17.3 Å². The van der Waals surface area contributed by atoms with Crippen molar-refractivity contribution in [3.8, 4) is 0 Å². The monoisotopic (exact) mass is 299 g/mol. The first kappa shape index (κ1) is 14.3. The van der Waals surface area contributed by atoms with E-state index in [1.54, 1.807) is 11.6 Å². The second kappa shape index (κ2) is 4.71. The van der Waals surface area contributed by atoms with Gasteiger partial charge < -0.3 is 15.0 Å². The van der Waals surface area contributed by atoms with Crippen LogP contribution < -0.4 is 5.73 Å². The minimum absolute atomic E-state index is 0.318. The summed E-state index contributed by atoms with van der Waals surface area (Å²) in [6, 6.07) is 3.58. The van der Waals surface area contributed by atoms with Gasteiger partial charge in [0.15, 0.2) is 0 Å². The van der Waals surface area contributed by atoms with Crippen LogP contribution >= 0.6 is 0 Å². The van der Waals surface area contributed by atoms with E-state index in [2.05, 4.69) is 4.98 Å². The smallest absolute Gasteiger partial charge is 0.381 e. The number of nitrogens with two attached hydrogens (primary N) is 1. The Bertz CT molecular complexity index is 672. The zero-order chi connectivity index (χ0) is 15.3. The second-order valence-corrected chi connectivity index (χ2v) is 5.46. The fourth-order valence-corrected chi connectivity index (χ4v) is 2.78. The van der Waals surface area contributed by atoms with Gasteiger partial charge in [0.2, 0.25) is 0 Å². The van der Waals surface area contributed by atoms with E-state index in [-0.39, 0.29) is 0 Å². The van der Waals surface area contributed by atoms with Gasteiger partial charge in [-0.3, -0.25) is 0 Å². The molecule has 2 heterocycles. The number of imidazole rings is 1. The van der Waals surface area contributed by atoms with Crippen LogP contribution in [0.1, 0.15) is 24.2 Å². The van der Waals surface area contributed by atoms with Crippen LogP contribution in [0.3, 0.4) is 0 Å². The lowest BCUT2D eigenvalue weighted by molar-refractivity contribution is -0.137. The number of hydrogen-bond acceptors (Lipinski definition) is 3. The molecule has 0 bridgehead atoms. The number of rotatable bonds is 1. The van der Waals surface area contributed by atoms with Gasteiger partial charge in [-0.2, -0.15) is 13.2 Å². The Morgan fingerprint density at radius 2 is 1.95 bits per heavy atom. The summed E-state index contributed by atoms with van der Waals surface area (Å²) in [5.74, 6) is 0.611. The van der Waals surface area contributed by atoms with E-state index in [9.17, 15) is 13.2 Å². The molecule has 0 radical (unpaired) electrons. The highest BCUT2D eigenvalue weighted by atomic mass is 19.4. The first-order valence-corrected chi connectivity index (χ1v) is 6.72. The van der Waals surface area contributed by atoms with Gasteiger partial charge in [0, 0.05) is 20.3 Å². The summed E-state index contributed by atoms with van der Waals surface area (Å²) in [6.07, 6.45) is -3.16. The van der Waals surface area contributed by atoms with Gasteiger partial charge in [-0.15, -0.1) is 0 Å². The second-order valence-electron chi connectivity index (χ2n) is 5.46. The van der Waals surface area contributed by atoms with Gasteiger partial charge in [0.05, 0.1) is 22.1 Å². The van der Waals surface area contributed by atoms with Gasteiger partial charge in [0.25, 0.3) is 0 Å². The molecule has 1 saturated heterocycles. The van der Waals surface area contributed by atoms with Crippen LogP contribution in [0.5, 0.6) is 0 Å². The number of benzene rings is 1. The number of hydrogen-bond donors (Lipinski definition) is 1. The van der Waals surface area contributed by atoms with Crippen LogP contribution in [-0.2, 0) is 23.5 Å². The first-order valence-electron chi connectivity index (χ1n) is 6.72. The molecule has 0 amide bonds. The molecule has 21 heavy (non-hydrogen) atoms. The van der Waals surface area contributed by atoms with Crippen molar-refractivity contribution in [2.45, 2.75) is 24.6 Å². The van der Waals surface area contributed by atoms with Crippen molar-refractivity contribution < 1.29 is 17.9 Å². The standard InChI is InChI=1S/C14H16F3N3O/c1-20-11-3-2-9(14(15,16)17)8-10(11)19-12(20)13(18)4-6-21-7-5-13/h2-3,8H,4-7,18H2,1H3. The summed E-state index contributed by atoms with van der Waals surface area (Å²) in [5, 5.41) is 0. The highest BCUT2D eigenvalue weighted by Gasteiger charge is 2.35. The fourth-order valence-electron chi connectivity index (χ4n) is 2.78. The van der Waals surface area contributed by atoms with Gasteiger partial charge >= 0.3 is 6.18 Å². The molecule has 3 rings (SSSR count). The Morgan fingerprint density at radius 3 is 2.57 bits per heavy atom. The Hall–Kier alpha value is -1.60. The Kier molecular flexibility index (Phi) is 3.22. The maximum absolute atomic E-state index is 12.8. The number of aryl methyl sites for hydroxylation is 1. The lowest BCUT2D eigenvalue weighted by atomic mass is 9.90. The van der Waals surface area contributed by atoms with Crippen molar-refractivity contribution in [1.29, 1.82) is 0 Å². The predicted molar refractivity (Wildman–Crippen MR) is 71.6 cm³/mol. The molecule has 2 aromatic rings. The van der Waals surface area contributed by atoms with E-state index in [0.717, 1.165) is 12.1 Å². The van der Waals surface area contributed by atoms with Crippen LogP contribution in [-0.4, -0.2) is 22.8 Å². The molecule has 1 aliphatic heterocycles. The maximum atomic E-state index is 12.8. The number of aromatic nitrogens is 2. The van der Waals surface area contributed by atoms with E-state index in [4.69, 9.17) is 10.5 Å². The van der Waals surface area contributed by atoms with Gasteiger partial charge in [-0.1, -0.05) is 0 Å². The minimum atomic E-state index is -4.37. The molecule has 0 spiro atoms. The van der Waals surface area contributed by atoms with Gasteiger partial charge in [-0.05, 0) is 31.0 Å². The highest BCUT2D eigenvalue weighted by Crippen LogP contribution is 2.34. The van der Waals surface area contributed by atoms with Crippen molar-refractivity contribution in [3.05, 3.63) is 29.6 Å². The zero-order valence-corrected chi connectivity index (χ0v) is 11.6. The highest BCUT2D eigenvalue weighted by molar-refractivity contribution is 5.77. The first-order chi connectivity index (χ1) is 9.81. The third kappa shape index (κ3) is 2.40. The number of halogens is 3. The van der Waals surface area contributed by atoms with Gasteiger partial charge in [-0.25, -0.2) is 4.98 Å². The Morgan fingerprint density at radius 1 is 1.29 bits per heavy atom. The molecule has 114 valence electrons. The van der Waals surface area contributed by atoms with E-state index in [0.29, 0.717) is 42.9 Å². The molecule has 0 atom stereocenters. The van der Waals surface area contributed by atoms with E-state index in [1.807, 2.05) is 0 Å². The molecule has 0 saturated carbocycles. The molecular weight excluding hydrogens is 283 g/mol. The van der Waals surface area contributed by atoms with Crippen molar-refractivity contribution in [2.24, 2.45) is 12.8 Å². The normalized spacial score (nSPS) is 19.1. The summed E-state index contributed by atoms with van der Waals surface area (Å²) in [7, 11) is 1.78. The average molecular weight is 299 g/mol. The zero-order valence-electron chi connectivity index (χ0n) is 11.6. The van der Waals surface area contributed by atoms with E-state index in [1.165, 1.54) is 6.07 Å². The predicted octanol–water partition coefficient (Wildman–Crippen LogP) is 2.56. The third-order valence-electron chi connectivity index (χ3n) is 4.04. The maximum Gasteiger partial charge on any atom is 0.416 e. The van der Waals surface area contributed by atoms with Crippen LogP contribution in [0.25, 0.3) is 11.0 Å². The Balaban J connectivity index is 2.11. The van der Waals surface area contributed by atoms with Crippen LogP contribution in [0, 0.1) is 0 Å². The van der Waals surface area contributed by atoms with Gasteiger partial charge in [0.1, 0.15) is 5.82 Å². The number of nitrogens with zero attached hydrogens (tertiary/aromatic N) is 2. The topological polar surface area (TPSA) is 53.1 Å². The largest absolute Gasteiger partial charge is 0.416 e. The van der Waals surface area contributed by atoms with Crippen molar-refractivity contribution in [2.75, 3.05) is 13.2 Å².